The van der Waals surface area contributed by atoms with Gasteiger partial charge in [0, 0.05) is 11.2 Å². The number of aromatic nitrogens is 3. The molecule has 4 rings (SSSR count). The second-order valence-corrected chi connectivity index (χ2v) is 8.93. The van der Waals surface area contributed by atoms with Crippen molar-refractivity contribution in [2.45, 2.75) is 24.9 Å². The van der Waals surface area contributed by atoms with Gasteiger partial charge in [0.2, 0.25) is 10.0 Å². The summed E-state index contributed by atoms with van der Waals surface area (Å²) in [5.41, 5.74) is 3.68. The third-order valence-electron chi connectivity index (χ3n) is 4.53. The molecule has 0 radical (unpaired) electrons. The second kappa shape index (κ2) is 7.94. The number of sulfonamides is 1. The van der Waals surface area contributed by atoms with Gasteiger partial charge in [-0.1, -0.05) is 47.5 Å². The molecule has 0 atom stereocenters. The van der Waals surface area contributed by atoms with E-state index in [9.17, 15) is 8.42 Å². The van der Waals surface area contributed by atoms with Crippen LogP contribution in [0.25, 0.3) is 11.2 Å². The van der Waals surface area contributed by atoms with Crippen molar-refractivity contribution in [3.05, 3.63) is 88.8 Å². The van der Waals surface area contributed by atoms with Gasteiger partial charge in [-0.15, -0.1) is 0 Å². The monoisotopic (exact) mass is 426 g/mol. The molecule has 0 aliphatic rings. The maximum absolute atomic E-state index is 12.7. The van der Waals surface area contributed by atoms with E-state index in [1.165, 1.54) is 12.1 Å². The van der Waals surface area contributed by atoms with E-state index in [0.29, 0.717) is 23.0 Å². The van der Waals surface area contributed by atoms with Gasteiger partial charge in [0.05, 0.1) is 18.0 Å². The summed E-state index contributed by atoms with van der Waals surface area (Å²) < 4.78 is 29.9. The molecule has 0 saturated carbocycles. The van der Waals surface area contributed by atoms with Gasteiger partial charge in [0.15, 0.2) is 5.65 Å². The average Bonchev–Trinajstić information content (AvgIpc) is 3.04. The molecule has 0 aliphatic carbocycles. The van der Waals surface area contributed by atoms with Crippen molar-refractivity contribution in [1.82, 2.24) is 19.3 Å². The molecule has 6 nitrogen and oxygen atoms in total. The van der Waals surface area contributed by atoms with Crippen LogP contribution in [0.1, 0.15) is 17.0 Å². The van der Waals surface area contributed by atoms with Crippen LogP contribution in [-0.4, -0.2) is 23.0 Å². The Balaban J connectivity index is 1.66. The van der Waals surface area contributed by atoms with Crippen LogP contribution in [-0.2, 0) is 23.1 Å². The zero-order chi connectivity index (χ0) is 20.4. The number of imidazole rings is 1. The summed E-state index contributed by atoms with van der Waals surface area (Å²) in [4.78, 5) is 9.15. The number of hydrogen-bond acceptors (Lipinski definition) is 4. The summed E-state index contributed by atoms with van der Waals surface area (Å²) >= 11 is 5.93. The molecule has 0 spiro atoms. The normalized spacial score (nSPS) is 11.8. The summed E-state index contributed by atoms with van der Waals surface area (Å²) in [6.07, 6.45) is 1.71. The number of hydrogen-bond donors (Lipinski definition) is 1. The predicted molar refractivity (Wildman–Crippen MR) is 113 cm³/mol. The highest BCUT2D eigenvalue weighted by Crippen LogP contribution is 2.19. The van der Waals surface area contributed by atoms with E-state index in [4.69, 9.17) is 11.6 Å². The molecule has 29 heavy (non-hydrogen) atoms. The Kier molecular flexibility index (Phi) is 5.36. The molecule has 0 amide bonds. The SMILES string of the molecule is Cc1cccc(Cn2c(CNS(=O)(=O)c3cccc(Cl)c3)nc3cccnc32)c1. The average molecular weight is 427 g/mol. The first-order valence-corrected chi connectivity index (χ1v) is 10.9. The Morgan fingerprint density at radius 3 is 2.69 bits per heavy atom. The van der Waals surface area contributed by atoms with Gasteiger partial charge in [-0.05, 0) is 42.8 Å². The van der Waals surface area contributed by atoms with Crippen molar-refractivity contribution in [2.75, 3.05) is 0 Å². The quantitative estimate of drug-likeness (QED) is 0.507. The fraction of sp³-hybridized carbons (Fsp3) is 0.143. The number of nitrogens with zero attached hydrogens (tertiary/aromatic N) is 3. The highest BCUT2D eigenvalue weighted by atomic mass is 35.5. The molecule has 2 heterocycles. The number of pyridine rings is 1. The molecule has 8 heteroatoms. The van der Waals surface area contributed by atoms with Crippen LogP contribution < -0.4 is 4.72 Å². The van der Waals surface area contributed by atoms with E-state index in [-0.39, 0.29) is 11.4 Å². The molecule has 2 aromatic heterocycles. The smallest absolute Gasteiger partial charge is 0.241 e. The molecule has 0 fully saturated rings. The van der Waals surface area contributed by atoms with Crippen LogP contribution in [0.5, 0.6) is 0 Å². The van der Waals surface area contributed by atoms with Crippen LogP contribution in [0, 0.1) is 6.92 Å². The second-order valence-electron chi connectivity index (χ2n) is 6.73. The predicted octanol–water partition coefficient (Wildman–Crippen LogP) is 3.92. The van der Waals surface area contributed by atoms with Crippen molar-refractivity contribution in [2.24, 2.45) is 0 Å². The Hall–Kier alpha value is -2.74. The Bertz CT molecular complexity index is 1280. The first-order valence-electron chi connectivity index (χ1n) is 9.03. The highest BCUT2D eigenvalue weighted by Gasteiger charge is 2.18. The minimum Gasteiger partial charge on any atom is -0.307 e. The van der Waals surface area contributed by atoms with E-state index < -0.39 is 10.0 Å². The van der Waals surface area contributed by atoms with E-state index in [1.807, 2.05) is 41.8 Å². The van der Waals surface area contributed by atoms with E-state index >= 15 is 0 Å². The number of rotatable bonds is 6. The van der Waals surface area contributed by atoms with Gasteiger partial charge in [-0.2, -0.15) is 0 Å². The van der Waals surface area contributed by atoms with E-state index in [1.54, 1.807) is 18.3 Å². The van der Waals surface area contributed by atoms with E-state index in [2.05, 4.69) is 20.8 Å². The van der Waals surface area contributed by atoms with Crippen molar-refractivity contribution in [3.63, 3.8) is 0 Å². The Morgan fingerprint density at radius 1 is 1.07 bits per heavy atom. The zero-order valence-electron chi connectivity index (χ0n) is 15.7. The summed E-state index contributed by atoms with van der Waals surface area (Å²) in [6, 6.07) is 18.0. The number of aryl methyl sites for hydroxylation is 1. The molecule has 4 aromatic rings. The van der Waals surface area contributed by atoms with Crippen LogP contribution in [0.3, 0.4) is 0 Å². The Labute approximate surface area is 174 Å². The largest absolute Gasteiger partial charge is 0.307 e. The topological polar surface area (TPSA) is 76.9 Å². The molecular formula is C21H19ClN4O2S. The van der Waals surface area contributed by atoms with Crippen molar-refractivity contribution < 1.29 is 8.42 Å². The lowest BCUT2D eigenvalue weighted by Crippen LogP contribution is -2.25. The lowest BCUT2D eigenvalue weighted by atomic mass is 10.1. The van der Waals surface area contributed by atoms with E-state index in [0.717, 1.165) is 16.6 Å². The molecule has 148 valence electrons. The number of halogens is 1. The molecule has 1 N–H and O–H groups in total. The maximum Gasteiger partial charge on any atom is 0.241 e. The molecule has 0 saturated heterocycles. The highest BCUT2D eigenvalue weighted by molar-refractivity contribution is 7.89. The summed E-state index contributed by atoms with van der Waals surface area (Å²) in [5.74, 6) is 0.589. The molecule has 2 aromatic carbocycles. The van der Waals surface area contributed by atoms with Crippen LogP contribution in [0.4, 0.5) is 0 Å². The third kappa shape index (κ3) is 4.32. The first-order chi connectivity index (χ1) is 13.9. The van der Waals surface area contributed by atoms with Gasteiger partial charge in [0.1, 0.15) is 11.3 Å². The van der Waals surface area contributed by atoms with Crippen molar-refractivity contribution in [1.29, 1.82) is 0 Å². The van der Waals surface area contributed by atoms with Gasteiger partial charge < -0.3 is 4.57 Å². The number of fused-ring (bicyclic) bond motifs is 1. The maximum atomic E-state index is 12.7. The van der Waals surface area contributed by atoms with Crippen molar-refractivity contribution >= 4 is 32.8 Å². The zero-order valence-corrected chi connectivity index (χ0v) is 17.3. The lowest BCUT2D eigenvalue weighted by molar-refractivity contribution is 0.576. The summed E-state index contributed by atoms with van der Waals surface area (Å²) in [6.45, 7) is 2.62. The lowest BCUT2D eigenvalue weighted by Gasteiger charge is -2.11. The van der Waals surface area contributed by atoms with Crippen LogP contribution >= 0.6 is 11.6 Å². The first kappa shape index (κ1) is 19.6. The van der Waals surface area contributed by atoms with Crippen molar-refractivity contribution in [3.8, 4) is 0 Å². The third-order valence-corrected chi connectivity index (χ3v) is 6.17. The minimum atomic E-state index is -3.72. The molecular weight excluding hydrogens is 408 g/mol. The molecule has 0 aliphatic heterocycles. The van der Waals surface area contributed by atoms with Crippen LogP contribution in [0.15, 0.2) is 71.8 Å². The van der Waals surface area contributed by atoms with Gasteiger partial charge >= 0.3 is 0 Å². The van der Waals surface area contributed by atoms with Gasteiger partial charge in [-0.3, -0.25) is 0 Å². The fourth-order valence-corrected chi connectivity index (χ4v) is 4.46. The molecule has 0 bridgehead atoms. The molecule has 0 unspecified atom stereocenters. The number of nitrogens with one attached hydrogen (secondary N) is 1. The minimum absolute atomic E-state index is 0.0387. The van der Waals surface area contributed by atoms with Gasteiger partial charge in [0.25, 0.3) is 0 Å². The van der Waals surface area contributed by atoms with Gasteiger partial charge in [-0.25, -0.2) is 23.1 Å². The number of benzene rings is 2. The summed E-state index contributed by atoms with van der Waals surface area (Å²) in [5, 5.41) is 0.365. The fourth-order valence-electron chi connectivity index (χ4n) is 3.18. The standard InChI is InChI=1S/C21H19ClN4O2S/c1-15-5-2-6-16(11-15)14-26-20(25-19-9-4-10-23-21(19)26)13-24-29(27,28)18-8-3-7-17(22)12-18/h2-12,24H,13-14H2,1H3. The summed E-state index contributed by atoms with van der Waals surface area (Å²) in [7, 11) is -3.72. The van der Waals surface area contributed by atoms with Crippen LogP contribution in [0.2, 0.25) is 5.02 Å². The Morgan fingerprint density at radius 2 is 1.90 bits per heavy atom.